The number of carbonyl (C=O) groups is 1. The van der Waals surface area contributed by atoms with Gasteiger partial charge in [0.15, 0.2) is 0 Å². The van der Waals surface area contributed by atoms with Gasteiger partial charge in [-0.25, -0.2) is 4.79 Å². The largest absolute Gasteiger partial charge is 0.516 e. The Morgan fingerprint density at radius 3 is 2.15 bits per heavy atom. The summed E-state index contributed by atoms with van der Waals surface area (Å²) in [5, 5.41) is 15.5. The van der Waals surface area contributed by atoms with Crippen molar-refractivity contribution < 1.29 is 15.0 Å². The van der Waals surface area contributed by atoms with Gasteiger partial charge in [0.25, 0.3) is 0 Å². The average molecular weight is 201 g/mol. The monoisotopic (exact) mass is 200 g/mol. The van der Waals surface area contributed by atoms with Crippen LogP contribution in [0, 0.1) is 0 Å². The molecule has 0 aliphatic heterocycles. The van der Waals surface area contributed by atoms with Crippen molar-refractivity contribution in [1.29, 1.82) is 0 Å². The number of halogens is 1. The molecule has 3 nitrogen and oxygen atoms in total. The second-order valence-corrected chi connectivity index (χ2v) is 2.30. The normalized spacial score (nSPS) is 9.00. The Morgan fingerprint density at radius 2 is 1.77 bits per heavy atom. The van der Waals surface area contributed by atoms with Gasteiger partial charge in [0, 0.05) is 11.6 Å². The highest BCUT2D eigenvalue weighted by Crippen LogP contribution is 1.98. The lowest BCUT2D eigenvalue weighted by molar-refractivity contribution is 0.220. The second-order valence-electron chi connectivity index (χ2n) is 1.98. The van der Waals surface area contributed by atoms with Crippen LogP contribution in [0.4, 0.5) is 4.79 Å². The summed E-state index contributed by atoms with van der Waals surface area (Å²) in [6.45, 7) is 0. The van der Waals surface area contributed by atoms with Crippen LogP contribution in [0.5, 0.6) is 0 Å². The summed E-state index contributed by atoms with van der Waals surface area (Å²) in [5.41, 5.74) is -0.347. The van der Waals surface area contributed by atoms with Crippen LogP contribution >= 0.6 is 11.6 Å². The van der Waals surface area contributed by atoms with Crippen LogP contribution in [0.15, 0.2) is 36.6 Å². The molecule has 4 heteroatoms. The number of aliphatic hydroxyl groups is 1. The molecule has 0 unspecified atom stereocenters. The fourth-order valence-electron chi connectivity index (χ4n) is 0.650. The average Bonchev–Trinajstić information content (AvgIpc) is 2.06. The van der Waals surface area contributed by atoms with E-state index in [-0.39, 0.29) is 0 Å². The molecule has 0 saturated heterocycles. The highest BCUT2D eigenvalue weighted by Gasteiger charge is 1.78. The molecule has 0 saturated carbocycles. The molecule has 2 N–H and O–H groups in total. The van der Waals surface area contributed by atoms with Gasteiger partial charge in [-0.15, -0.1) is 0 Å². The summed E-state index contributed by atoms with van der Waals surface area (Å²) in [5.74, 6) is 0. The number of rotatable bonds is 1. The first-order valence-corrected chi connectivity index (χ1v) is 3.79. The Labute approximate surface area is 80.9 Å². The zero-order chi connectivity index (χ0) is 10.1. The van der Waals surface area contributed by atoms with Gasteiger partial charge in [-0.2, -0.15) is 0 Å². The van der Waals surface area contributed by atoms with Crippen molar-refractivity contribution in [2.75, 3.05) is 0 Å². The van der Waals surface area contributed by atoms with E-state index < -0.39 is 5.43 Å². The van der Waals surface area contributed by atoms with Crippen LogP contribution in [0.25, 0.3) is 6.08 Å². The van der Waals surface area contributed by atoms with Crippen molar-refractivity contribution in [3.05, 3.63) is 42.2 Å². The summed E-state index contributed by atoms with van der Waals surface area (Å²) >= 11 is 4.19. The van der Waals surface area contributed by atoms with Crippen molar-refractivity contribution in [3.63, 3.8) is 0 Å². The topological polar surface area (TPSA) is 57.5 Å². The van der Waals surface area contributed by atoms with Crippen LogP contribution in [-0.2, 0) is 0 Å². The third-order valence-corrected chi connectivity index (χ3v) is 1.07. The van der Waals surface area contributed by atoms with Crippen molar-refractivity contribution in [2.24, 2.45) is 0 Å². The van der Waals surface area contributed by atoms with Gasteiger partial charge < -0.3 is 10.2 Å². The number of aliphatic hydroxyl groups excluding tert-OH is 1. The number of hydrogen-bond acceptors (Lipinski definition) is 2. The molecule has 0 aromatic heterocycles. The zero-order valence-corrected chi connectivity index (χ0v) is 7.48. The van der Waals surface area contributed by atoms with Gasteiger partial charge in [0.2, 0.25) is 0 Å². The van der Waals surface area contributed by atoms with Crippen molar-refractivity contribution in [3.8, 4) is 0 Å². The first kappa shape index (κ1) is 11.5. The summed E-state index contributed by atoms with van der Waals surface area (Å²) in [7, 11) is 0. The molecule has 1 aromatic carbocycles. The molecule has 0 atom stereocenters. The van der Waals surface area contributed by atoms with Gasteiger partial charge in [-0.05, 0) is 11.6 Å². The van der Waals surface area contributed by atoms with Gasteiger partial charge in [0.1, 0.15) is 0 Å². The summed E-state index contributed by atoms with van der Waals surface area (Å²) < 4.78 is 0. The summed E-state index contributed by atoms with van der Waals surface area (Å²) in [6.07, 6.45) is 2.68. The maximum Gasteiger partial charge on any atom is 0.401 e. The van der Waals surface area contributed by atoms with Crippen LogP contribution in [0.3, 0.4) is 0 Å². The second kappa shape index (κ2) is 7.18. The predicted octanol–water partition coefficient (Wildman–Crippen LogP) is 3.12. The molecule has 0 amide bonds. The van der Waals surface area contributed by atoms with E-state index in [0.29, 0.717) is 0 Å². The third-order valence-electron chi connectivity index (χ3n) is 1.07. The van der Waals surface area contributed by atoms with E-state index in [1.807, 2.05) is 30.3 Å². The van der Waals surface area contributed by atoms with E-state index in [1.54, 1.807) is 6.08 Å². The van der Waals surface area contributed by atoms with Crippen molar-refractivity contribution >= 4 is 23.1 Å². The molecule has 1 aromatic rings. The maximum absolute atomic E-state index is 8.77. The van der Waals surface area contributed by atoms with E-state index in [2.05, 4.69) is 11.6 Å². The van der Waals surface area contributed by atoms with Gasteiger partial charge in [0.05, 0.1) is 6.26 Å². The van der Waals surface area contributed by atoms with Crippen molar-refractivity contribution in [2.45, 2.75) is 0 Å². The summed E-state index contributed by atoms with van der Waals surface area (Å²) in [4.78, 5) is 8.77. The number of hydrogen-bond donors (Lipinski definition) is 2. The first-order chi connectivity index (χ1) is 6.16. The highest BCUT2D eigenvalue weighted by atomic mass is 35.5. The smallest absolute Gasteiger partial charge is 0.401 e. The molecule has 0 heterocycles. The SMILES string of the molecule is O=C(O)Cl.OC=Cc1ccccc1. The lowest BCUT2D eigenvalue weighted by atomic mass is 10.2. The van der Waals surface area contributed by atoms with E-state index in [0.717, 1.165) is 11.8 Å². The molecule has 70 valence electrons. The molecule has 0 fully saturated rings. The Kier molecular flexibility index (Phi) is 6.37. The Bertz CT molecular complexity index is 265. The number of carboxylic acid groups (broad SMARTS) is 1. The van der Waals surface area contributed by atoms with E-state index in [9.17, 15) is 0 Å². The molecule has 0 aliphatic carbocycles. The van der Waals surface area contributed by atoms with E-state index >= 15 is 0 Å². The van der Waals surface area contributed by atoms with Crippen LogP contribution in [-0.4, -0.2) is 15.6 Å². The molecule has 0 aliphatic rings. The molecule has 0 radical (unpaired) electrons. The van der Waals surface area contributed by atoms with Gasteiger partial charge in [-0.1, -0.05) is 30.3 Å². The lowest BCUT2D eigenvalue weighted by Gasteiger charge is -1.86. The maximum atomic E-state index is 8.77. The Morgan fingerprint density at radius 1 is 1.31 bits per heavy atom. The van der Waals surface area contributed by atoms with E-state index in [4.69, 9.17) is 15.0 Å². The van der Waals surface area contributed by atoms with Crippen LogP contribution in [0.2, 0.25) is 0 Å². The molecule has 0 spiro atoms. The molecule has 0 bridgehead atoms. The predicted molar refractivity (Wildman–Crippen MR) is 52.0 cm³/mol. The van der Waals surface area contributed by atoms with E-state index in [1.165, 1.54) is 0 Å². The van der Waals surface area contributed by atoms with Gasteiger partial charge in [-0.3, -0.25) is 0 Å². The Balaban J connectivity index is 0.000000310. The molecule has 13 heavy (non-hydrogen) atoms. The molecular weight excluding hydrogens is 192 g/mol. The lowest BCUT2D eigenvalue weighted by Crippen LogP contribution is -1.66. The fraction of sp³-hybridized carbons (Fsp3) is 0. The minimum Gasteiger partial charge on any atom is -0.516 e. The van der Waals surface area contributed by atoms with Gasteiger partial charge >= 0.3 is 5.43 Å². The standard InChI is InChI=1S/C8H8O.CHClO2/c9-7-6-8-4-2-1-3-5-8;2-1(3)4/h1-7,9H;(H,3,4). The summed E-state index contributed by atoms with van der Waals surface area (Å²) in [6, 6.07) is 9.64. The third kappa shape index (κ3) is 8.43. The highest BCUT2D eigenvalue weighted by molar-refractivity contribution is 6.60. The fourth-order valence-corrected chi connectivity index (χ4v) is 0.650. The molecule has 1 rings (SSSR count). The van der Waals surface area contributed by atoms with Crippen LogP contribution < -0.4 is 0 Å². The first-order valence-electron chi connectivity index (χ1n) is 3.41. The Hall–Kier alpha value is -1.48. The molecular formula is C9H9ClO3. The zero-order valence-electron chi connectivity index (χ0n) is 6.72. The minimum atomic E-state index is -1.36. The van der Waals surface area contributed by atoms with Crippen LogP contribution in [0.1, 0.15) is 5.56 Å². The number of benzene rings is 1. The quantitative estimate of drug-likeness (QED) is 0.541. The minimum absolute atomic E-state index is 1.01. The van der Waals surface area contributed by atoms with Crippen molar-refractivity contribution in [1.82, 2.24) is 0 Å².